The van der Waals surface area contributed by atoms with Crippen LogP contribution in [0.5, 0.6) is 0 Å². The first-order valence-corrected chi connectivity index (χ1v) is 7.81. The summed E-state index contributed by atoms with van der Waals surface area (Å²) in [5, 5.41) is 1.21. The molecule has 17 heavy (non-hydrogen) atoms. The Bertz CT molecular complexity index is 334. The molecule has 102 valence electrons. The van der Waals surface area contributed by atoms with Gasteiger partial charge >= 0.3 is 0 Å². The van der Waals surface area contributed by atoms with Crippen molar-refractivity contribution in [2.75, 3.05) is 6.54 Å². The van der Waals surface area contributed by atoms with Crippen LogP contribution < -0.4 is 5.32 Å². The number of hydrogen-bond donors (Lipinski definition) is 1. The van der Waals surface area contributed by atoms with Crippen LogP contribution in [0.1, 0.15) is 47.5 Å². The number of carbonyl (C=O) groups is 1. The van der Waals surface area contributed by atoms with Gasteiger partial charge < -0.3 is 5.32 Å². The van der Waals surface area contributed by atoms with E-state index >= 15 is 0 Å². The Hall–Kier alpha value is -0.580. The third-order valence-corrected chi connectivity index (χ3v) is 5.29. The maximum Gasteiger partial charge on any atom is 0.238 e. The Balaban J connectivity index is 4.16. The van der Waals surface area contributed by atoms with Crippen molar-refractivity contribution in [2.24, 2.45) is 5.92 Å². The topological polar surface area (TPSA) is 63.2 Å². The van der Waals surface area contributed by atoms with Gasteiger partial charge in [-0.1, -0.05) is 13.8 Å². The van der Waals surface area contributed by atoms with Crippen molar-refractivity contribution in [3.8, 4) is 0 Å². The second-order valence-corrected chi connectivity index (χ2v) is 7.94. The van der Waals surface area contributed by atoms with E-state index in [1.165, 1.54) is 6.92 Å². The summed E-state index contributed by atoms with van der Waals surface area (Å²) >= 11 is 0. The minimum atomic E-state index is -3.34. The van der Waals surface area contributed by atoms with Gasteiger partial charge in [0.25, 0.3) is 0 Å². The molecule has 0 aliphatic carbocycles. The Morgan fingerprint density at radius 2 is 1.65 bits per heavy atom. The summed E-state index contributed by atoms with van der Waals surface area (Å²) in [5.74, 6) is 0.214. The van der Waals surface area contributed by atoms with E-state index in [9.17, 15) is 13.2 Å². The standard InChI is InChI=1S/C12H25NO3S/c1-9(2)7-6-8-13-12(14)11(5)17(15,16)10(3)4/h9-11H,6-8H2,1-5H3,(H,13,14). The third-order valence-electron chi connectivity index (χ3n) is 2.78. The third kappa shape index (κ3) is 5.52. The summed E-state index contributed by atoms with van der Waals surface area (Å²) in [5.41, 5.74) is 0. The van der Waals surface area contributed by atoms with E-state index in [2.05, 4.69) is 19.2 Å². The van der Waals surface area contributed by atoms with Crippen LogP contribution in [0.2, 0.25) is 0 Å². The summed E-state index contributed by atoms with van der Waals surface area (Å²) in [6.07, 6.45) is 1.92. The lowest BCUT2D eigenvalue weighted by Crippen LogP contribution is -2.41. The van der Waals surface area contributed by atoms with Crippen molar-refractivity contribution < 1.29 is 13.2 Å². The first-order valence-electron chi connectivity index (χ1n) is 6.20. The van der Waals surface area contributed by atoms with Crippen LogP contribution in [0.25, 0.3) is 0 Å². The number of rotatable bonds is 7. The van der Waals surface area contributed by atoms with E-state index in [0.717, 1.165) is 12.8 Å². The zero-order valence-electron chi connectivity index (χ0n) is 11.5. The van der Waals surface area contributed by atoms with Crippen molar-refractivity contribution in [3.05, 3.63) is 0 Å². The molecule has 0 radical (unpaired) electrons. The molecule has 0 heterocycles. The zero-order chi connectivity index (χ0) is 13.6. The fourth-order valence-corrected chi connectivity index (χ4v) is 2.62. The van der Waals surface area contributed by atoms with Gasteiger partial charge in [-0.2, -0.15) is 0 Å². The van der Waals surface area contributed by atoms with E-state index < -0.39 is 20.3 Å². The van der Waals surface area contributed by atoms with Crippen LogP contribution in [0.4, 0.5) is 0 Å². The maximum atomic E-state index is 11.8. The maximum absolute atomic E-state index is 11.8. The second-order valence-electron chi connectivity index (χ2n) is 5.11. The van der Waals surface area contributed by atoms with E-state index in [-0.39, 0.29) is 5.91 Å². The number of amides is 1. The molecule has 1 unspecified atom stereocenters. The summed E-state index contributed by atoms with van der Waals surface area (Å²) in [6, 6.07) is 0. The molecule has 1 amide bonds. The Morgan fingerprint density at radius 1 is 1.12 bits per heavy atom. The lowest BCUT2D eigenvalue weighted by molar-refractivity contribution is -0.120. The van der Waals surface area contributed by atoms with Gasteiger partial charge in [0.1, 0.15) is 5.25 Å². The number of nitrogens with one attached hydrogen (secondary N) is 1. The Morgan fingerprint density at radius 3 is 2.06 bits per heavy atom. The smallest absolute Gasteiger partial charge is 0.238 e. The van der Waals surface area contributed by atoms with E-state index in [1.54, 1.807) is 13.8 Å². The average molecular weight is 263 g/mol. The van der Waals surface area contributed by atoms with Crippen LogP contribution >= 0.6 is 0 Å². The summed E-state index contributed by atoms with van der Waals surface area (Å²) in [4.78, 5) is 11.6. The minimum absolute atomic E-state index is 0.387. The molecule has 0 spiro atoms. The lowest BCUT2D eigenvalue weighted by atomic mass is 10.1. The zero-order valence-corrected chi connectivity index (χ0v) is 12.3. The summed E-state index contributed by atoms with van der Waals surface area (Å²) in [6.45, 7) is 9.43. The minimum Gasteiger partial charge on any atom is -0.355 e. The van der Waals surface area contributed by atoms with Gasteiger partial charge in [-0.3, -0.25) is 4.79 Å². The van der Waals surface area contributed by atoms with Crippen molar-refractivity contribution in [3.63, 3.8) is 0 Å². The van der Waals surface area contributed by atoms with Gasteiger partial charge in [0.15, 0.2) is 9.84 Å². The van der Waals surface area contributed by atoms with Gasteiger partial charge in [0.2, 0.25) is 5.91 Å². The Labute approximate surface area is 105 Å². The molecule has 0 saturated heterocycles. The number of hydrogen-bond acceptors (Lipinski definition) is 3. The SMILES string of the molecule is CC(C)CCCNC(=O)C(C)S(=O)(=O)C(C)C. The van der Waals surface area contributed by atoms with Crippen molar-refractivity contribution in [1.82, 2.24) is 5.32 Å². The van der Waals surface area contributed by atoms with Gasteiger partial charge in [-0.25, -0.2) is 8.42 Å². The van der Waals surface area contributed by atoms with E-state index in [0.29, 0.717) is 12.5 Å². The van der Waals surface area contributed by atoms with Gasteiger partial charge in [-0.15, -0.1) is 0 Å². The normalized spacial score (nSPS) is 14.1. The first-order chi connectivity index (χ1) is 7.69. The average Bonchev–Trinajstić information content (AvgIpc) is 2.22. The van der Waals surface area contributed by atoms with Crippen molar-refractivity contribution in [1.29, 1.82) is 0 Å². The summed E-state index contributed by atoms with van der Waals surface area (Å²) < 4.78 is 23.5. The van der Waals surface area contributed by atoms with Crippen molar-refractivity contribution >= 4 is 15.7 Å². The van der Waals surface area contributed by atoms with Gasteiger partial charge in [0.05, 0.1) is 5.25 Å². The molecule has 0 rings (SSSR count). The predicted octanol–water partition coefficient (Wildman–Crippen LogP) is 1.75. The molecule has 5 heteroatoms. The molecule has 0 aromatic heterocycles. The highest BCUT2D eigenvalue weighted by Gasteiger charge is 2.30. The van der Waals surface area contributed by atoms with Crippen LogP contribution in [0, 0.1) is 5.92 Å². The van der Waals surface area contributed by atoms with Crippen LogP contribution in [0.15, 0.2) is 0 Å². The number of carbonyl (C=O) groups excluding carboxylic acids is 1. The van der Waals surface area contributed by atoms with Crippen LogP contribution in [0.3, 0.4) is 0 Å². The second kappa shape index (κ2) is 6.99. The predicted molar refractivity (Wildman–Crippen MR) is 70.6 cm³/mol. The Kier molecular flexibility index (Phi) is 6.75. The monoisotopic (exact) mass is 263 g/mol. The largest absolute Gasteiger partial charge is 0.355 e. The highest BCUT2D eigenvalue weighted by atomic mass is 32.2. The highest BCUT2D eigenvalue weighted by Crippen LogP contribution is 2.09. The van der Waals surface area contributed by atoms with E-state index in [1.807, 2.05) is 0 Å². The lowest BCUT2D eigenvalue weighted by Gasteiger charge is -2.15. The fourth-order valence-electron chi connectivity index (χ4n) is 1.42. The van der Waals surface area contributed by atoms with E-state index in [4.69, 9.17) is 0 Å². The molecule has 0 aliphatic heterocycles. The fraction of sp³-hybridized carbons (Fsp3) is 0.917. The highest BCUT2D eigenvalue weighted by molar-refractivity contribution is 7.93. The number of sulfone groups is 1. The molecular weight excluding hydrogens is 238 g/mol. The quantitative estimate of drug-likeness (QED) is 0.712. The molecule has 0 aliphatic rings. The molecule has 0 saturated carbocycles. The molecule has 0 bridgehead atoms. The molecule has 1 N–H and O–H groups in total. The molecule has 0 aromatic rings. The first kappa shape index (κ1) is 16.4. The molecular formula is C12H25NO3S. The molecule has 0 fully saturated rings. The van der Waals surface area contributed by atoms with Crippen LogP contribution in [-0.4, -0.2) is 31.4 Å². The van der Waals surface area contributed by atoms with Crippen LogP contribution in [-0.2, 0) is 14.6 Å². The molecule has 4 nitrogen and oxygen atoms in total. The van der Waals surface area contributed by atoms with Gasteiger partial charge in [0, 0.05) is 6.54 Å². The van der Waals surface area contributed by atoms with Gasteiger partial charge in [-0.05, 0) is 39.5 Å². The summed E-state index contributed by atoms with van der Waals surface area (Å²) in [7, 11) is -3.34. The molecule has 1 atom stereocenters. The van der Waals surface area contributed by atoms with Crippen molar-refractivity contribution in [2.45, 2.75) is 58.0 Å². The molecule has 0 aromatic carbocycles.